The zero-order chi connectivity index (χ0) is 23.2. The molecule has 7 heteroatoms. The summed E-state index contributed by atoms with van der Waals surface area (Å²) < 4.78 is 12.7. The van der Waals surface area contributed by atoms with Crippen LogP contribution in [0.25, 0.3) is 0 Å². The number of aromatic nitrogens is 1. The van der Waals surface area contributed by atoms with Crippen molar-refractivity contribution in [3.05, 3.63) is 96.3 Å². The number of aryl methyl sites for hydroxylation is 1. The van der Waals surface area contributed by atoms with Crippen LogP contribution in [0.15, 0.2) is 79.5 Å². The summed E-state index contributed by atoms with van der Waals surface area (Å²) in [4.78, 5) is 29.9. The van der Waals surface area contributed by atoms with E-state index in [0.29, 0.717) is 30.2 Å². The van der Waals surface area contributed by atoms with Crippen LogP contribution < -0.4 is 9.47 Å². The average molecular weight is 446 g/mol. The van der Waals surface area contributed by atoms with Crippen LogP contribution in [-0.2, 0) is 24.9 Å². The van der Waals surface area contributed by atoms with E-state index in [2.05, 4.69) is 6.58 Å². The smallest absolute Gasteiger partial charge is 0.254 e. The molecule has 0 atom stereocenters. The van der Waals surface area contributed by atoms with Crippen molar-refractivity contribution in [3.8, 4) is 11.5 Å². The maximum absolute atomic E-state index is 13.4. The van der Waals surface area contributed by atoms with Gasteiger partial charge in [0.25, 0.3) is 5.91 Å². The van der Waals surface area contributed by atoms with Crippen LogP contribution in [0.1, 0.15) is 21.6 Å². The van der Waals surface area contributed by atoms with E-state index in [9.17, 15) is 9.59 Å². The molecule has 7 nitrogen and oxygen atoms in total. The molecule has 0 N–H and O–H groups in total. The van der Waals surface area contributed by atoms with Crippen LogP contribution in [0, 0.1) is 0 Å². The quantitative estimate of drug-likeness (QED) is 0.472. The number of fused-ring (bicyclic) bond motifs is 1. The SMILES string of the molecule is C=CCN(CC(=O)N(Cc1ccccc1)Cc1cccn1C)C(=O)c1ccc2c(c1)OCO2. The van der Waals surface area contributed by atoms with Gasteiger partial charge in [-0.05, 0) is 35.9 Å². The molecule has 33 heavy (non-hydrogen) atoms. The molecule has 0 saturated heterocycles. The van der Waals surface area contributed by atoms with Gasteiger partial charge in [-0.15, -0.1) is 6.58 Å². The normalized spacial score (nSPS) is 11.8. The van der Waals surface area contributed by atoms with Gasteiger partial charge in [0.15, 0.2) is 11.5 Å². The molecule has 0 unspecified atom stereocenters. The highest BCUT2D eigenvalue weighted by molar-refractivity contribution is 5.97. The van der Waals surface area contributed by atoms with Gasteiger partial charge in [-0.1, -0.05) is 36.4 Å². The number of nitrogens with zero attached hydrogens (tertiary/aromatic N) is 3. The summed E-state index contributed by atoms with van der Waals surface area (Å²) in [7, 11) is 1.95. The molecule has 4 rings (SSSR count). The van der Waals surface area contributed by atoms with Gasteiger partial charge in [-0.3, -0.25) is 9.59 Å². The van der Waals surface area contributed by atoms with Gasteiger partial charge < -0.3 is 23.8 Å². The summed E-state index contributed by atoms with van der Waals surface area (Å²) in [6.45, 7) is 4.98. The van der Waals surface area contributed by atoms with Gasteiger partial charge in [0, 0.05) is 37.6 Å². The van der Waals surface area contributed by atoms with Crippen LogP contribution in [-0.4, -0.2) is 46.1 Å². The summed E-state index contributed by atoms with van der Waals surface area (Å²) in [6, 6.07) is 18.8. The molecule has 0 fully saturated rings. The summed E-state index contributed by atoms with van der Waals surface area (Å²) >= 11 is 0. The number of hydrogen-bond donors (Lipinski definition) is 0. The van der Waals surface area contributed by atoms with Crippen LogP contribution in [0.3, 0.4) is 0 Å². The summed E-state index contributed by atoms with van der Waals surface area (Å²) in [5, 5.41) is 0. The highest BCUT2D eigenvalue weighted by Crippen LogP contribution is 2.32. The first-order valence-electron chi connectivity index (χ1n) is 10.8. The van der Waals surface area contributed by atoms with Gasteiger partial charge in [-0.2, -0.15) is 0 Å². The molecule has 2 amide bonds. The third-order valence-corrected chi connectivity index (χ3v) is 5.56. The Morgan fingerprint density at radius 2 is 1.79 bits per heavy atom. The fourth-order valence-electron chi connectivity index (χ4n) is 3.74. The molecule has 0 aliphatic carbocycles. The number of carbonyl (C=O) groups excluding carboxylic acids is 2. The van der Waals surface area contributed by atoms with Gasteiger partial charge in [0.1, 0.15) is 6.54 Å². The Labute approximate surface area is 193 Å². The molecule has 2 heterocycles. The molecule has 1 aromatic heterocycles. The zero-order valence-corrected chi connectivity index (χ0v) is 18.6. The molecular formula is C26H27N3O4. The second-order valence-electron chi connectivity index (χ2n) is 7.89. The van der Waals surface area contributed by atoms with Crippen LogP contribution in [0.4, 0.5) is 0 Å². The van der Waals surface area contributed by atoms with Crippen molar-refractivity contribution in [1.82, 2.24) is 14.4 Å². The van der Waals surface area contributed by atoms with Crippen molar-refractivity contribution in [1.29, 1.82) is 0 Å². The number of carbonyl (C=O) groups is 2. The minimum absolute atomic E-state index is 0.0590. The first-order valence-corrected chi connectivity index (χ1v) is 10.8. The predicted molar refractivity (Wildman–Crippen MR) is 125 cm³/mol. The molecular weight excluding hydrogens is 418 g/mol. The maximum Gasteiger partial charge on any atom is 0.254 e. The fraction of sp³-hybridized carbons (Fsp3) is 0.231. The molecule has 2 aromatic carbocycles. The van der Waals surface area contributed by atoms with Crippen LogP contribution in [0.2, 0.25) is 0 Å². The van der Waals surface area contributed by atoms with Crippen molar-refractivity contribution in [2.45, 2.75) is 13.1 Å². The molecule has 170 valence electrons. The van der Waals surface area contributed by atoms with Crippen molar-refractivity contribution >= 4 is 11.8 Å². The van der Waals surface area contributed by atoms with E-state index in [-0.39, 0.29) is 31.7 Å². The van der Waals surface area contributed by atoms with Crippen molar-refractivity contribution < 1.29 is 19.1 Å². The molecule has 1 aliphatic rings. The number of ether oxygens (including phenoxy) is 2. The third-order valence-electron chi connectivity index (χ3n) is 5.56. The first kappa shape index (κ1) is 22.2. The van der Waals surface area contributed by atoms with Gasteiger partial charge >= 0.3 is 0 Å². The Kier molecular flexibility index (Phi) is 6.78. The van der Waals surface area contributed by atoms with Crippen molar-refractivity contribution in [2.75, 3.05) is 19.9 Å². The lowest BCUT2D eigenvalue weighted by atomic mass is 10.1. The second-order valence-corrected chi connectivity index (χ2v) is 7.89. The minimum Gasteiger partial charge on any atom is -0.454 e. The first-order chi connectivity index (χ1) is 16.0. The maximum atomic E-state index is 13.4. The monoisotopic (exact) mass is 445 g/mol. The number of hydrogen-bond acceptors (Lipinski definition) is 4. The topological polar surface area (TPSA) is 64.0 Å². The van der Waals surface area contributed by atoms with Gasteiger partial charge in [0.2, 0.25) is 12.7 Å². The zero-order valence-electron chi connectivity index (χ0n) is 18.6. The number of benzene rings is 2. The number of rotatable bonds is 9. The molecule has 3 aromatic rings. The van der Waals surface area contributed by atoms with E-state index < -0.39 is 0 Å². The Bertz CT molecular complexity index is 1140. The lowest BCUT2D eigenvalue weighted by molar-refractivity contribution is -0.133. The lowest BCUT2D eigenvalue weighted by Gasteiger charge is -2.27. The Balaban J connectivity index is 1.53. The second kappa shape index (κ2) is 10.1. The average Bonchev–Trinajstić information content (AvgIpc) is 3.46. The Morgan fingerprint density at radius 3 is 2.52 bits per heavy atom. The van der Waals surface area contributed by atoms with E-state index in [1.807, 2.05) is 60.3 Å². The summed E-state index contributed by atoms with van der Waals surface area (Å²) in [5.41, 5.74) is 2.47. The Morgan fingerprint density at radius 1 is 1.00 bits per heavy atom. The van der Waals surface area contributed by atoms with Gasteiger partial charge in [0.05, 0.1) is 6.54 Å². The summed E-state index contributed by atoms with van der Waals surface area (Å²) in [6.07, 6.45) is 3.57. The van der Waals surface area contributed by atoms with E-state index in [1.165, 1.54) is 4.90 Å². The number of amides is 2. The van der Waals surface area contributed by atoms with E-state index in [0.717, 1.165) is 11.3 Å². The standard InChI is InChI=1S/C26H27N3O4/c1-3-13-28(26(31)21-11-12-23-24(15-21)33-19-32-23)18-25(30)29(16-20-8-5-4-6-9-20)17-22-10-7-14-27(22)2/h3-12,14-15H,1,13,16-19H2,2H3. The Hall–Kier alpha value is -4.00. The molecule has 1 aliphatic heterocycles. The van der Waals surface area contributed by atoms with Crippen molar-refractivity contribution in [3.63, 3.8) is 0 Å². The van der Waals surface area contributed by atoms with Crippen LogP contribution in [0.5, 0.6) is 11.5 Å². The van der Waals surface area contributed by atoms with E-state index in [4.69, 9.17) is 9.47 Å². The molecule has 0 saturated carbocycles. The summed E-state index contributed by atoms with van der Waals surface area (Å²) in [5.74, 6) is 0.728. The largest absolute Gasteiger partial charge is 0.454 e. The molecule has 0 radical (unpaired) electrons. The van der Waals surface area contributed by atoms with E-state index in [1.54, 1.807) is 29.2 Å². The van der Waals surface area contributed by atoms with Gasteiger partial charge in [-0.25, -0.2) is 0 Å². The third kappa shape index (κ3) is 5.26. The molecule has 0 bridgehead atoms. The van der Waals surface area contributed by atoms with E-state index >= 15 is 0 Å². The fourth-order valence-corrected chi connectivity index (χ4v) is 3.74. The lowest BCUT2D eigenvalue weighted by Crippen LogP contribution is -2.42. The highest BCUT2D eigenvalue weighted by atomic mass is 16.7. The van der Waals surface area contributed by atoms with Crippen LogP contribution >= 0.6 is 0 Å². The predicted octanol–water partition coefficient (Wildman–Crippen LogP) is 3.61. The minimum atomic E-state index is -0.264. The molecule has 0 spiro atoms. The van der Waals surface area contributed by atoms with Crippen molar-refractivity contribution in [2.24, 2.45) is 7.05 Å². The highest BCUT2D eigenvalue weighted by Gasteiger charge is 2.24.